The number of rotatable bonds is 1. The van der Waals surface area contributed by atoms with Crippen LogP contribution in [-0.4, -0.2) is 34.8 Å². The Morgan fingerprint density at radius 2 is 2.35 bits per heavy atom. The van der Waals surface area contributed by atoms with Crippen molar-refractivity contribution >= 4 is 22.9 Å². The van der Waals surface area contributed by atoms with Crippen molar-refractivity contribution < 1.29 is 4.74 Å². The molecule has 2 aliphatic rings. The molecule has 2 aromatic heterocycles. The molecule has 23 heavy (non-hydrogen) atoms. The SMILES string of the molecule is Cn1ncc(C2CC3(CCN2)CCOCCc2cc(Cl)sc23)n1. The third-order valence-electron chi connectivity index (χ3n) is 5.06. The fraction of sp³-hybridized carbons (Fsp3) is 0.625. The molecule has 1 saturated heterocycles. The van der Waals surface area contributed by atoms with Gasteiger partial charge in [0.2, 0.25) is 0 Å². The minimum Gasteiger partial charge on any atom is -0.381 e. The maximum Gasteiger partial charge on any atom is 0.0996 e. The number of halogens is 1. The smallest absolute Gasteiger partial charge is 0.0996 e. The summed E-state index contributed by atoms with van der Waals surface area (Å²) >= 11 is 8.11. The Morgan fingerprint density at radius 3 is 3.17 bits per heavy atom. The van der Waals surface area contributed by atoms with Crippen molar-refractivity contribution in [3.63, 3.8) is 0 Å². The fourth-order valence-electron chi connectivity index (χ4n) is 3.91. The summed E-state index contributed by atoms with van der Waals surface area (Å²) in [5, 5.41) is 12.3. The van der Waals surface area contributed by atoms with Crippen molar-refractivity contribution in [3.05, 3.63) is 32.7 Å². The average Bonchev–Trinajstić information content (AvgIpc) is 3.12. The van der Waals surface area contributed by atoms with Crippen molar-refractivity contribution in [1.29, 1.82) is 0 Å². The molecule has 5 nitrogen and oxygen atoms in total. The zero-order chi connectivity index (χ0) is 15.9. The lowest BCUT2D eigenvalue weighted by Gasteiger charge is -2.42. The average molecular weight is 353 g/mol. The molecule has 1 spiro atoms. The number of hydrogen-bond acceptors (Lipinski definition) is 5. The van der Waals surface area contributed by atoms with Crippen molar-refractivity contribution in [1.82, 2.24) is 20.3 Å². The Balaban J connectivity index is 1.70. The summed E-state index contributed by atoms with van der Waals surface area (Å²) in [7, 11) is 1.86. The molecular weight excluding hydrogens is 332 g/mol. The van der Waals surface area contributed by atoms with Crippen molar-refractivity contribution in [2.45, 2.75) is 37.1 Å². The van der Waals surface area contributed by atoms with E-state index in [-0.39, 0.29) is 11.5 Å². The normalized spacial score (nSPS) is 28.3. The number of nitrogens with zero attached hydrogens (tertiary/aromatic N) is 3. The van der Waals surface area contributed by atoms with E-state index in [1.165, 1.54) is 10.4 Å². The van der Waals surface area contributed by atoms with Gasteiger partial charge in [-0.3, -0.25) is 0 Å². The van der Waals surface area contributed by atoms with Crippen LogP contribution in [0.3, 0.4) is 0 Å². The number of piperidine rings is 1. The summed E-state index contributed by atoms with van der Waals surface area (Å²) in [5.41, 5.74) is 2.54. The molecule has 124 valence electrons. The molecule has 0 saturated carbocycles. The van der Waals surface area contributed by atoms with Crippen LogP contribution in [0.25, 0.3) is 0 Å². The van der Waals surface area contributed by atoms with Gasteiger partial charge in [0.25, 0.3) is 0 Å². The van der Waals surface area contributed by atoms with Crippen LogP contribution in [0.5, 0.6) is 0 Å². The van der Waals surface area contributed by atoms with Gasteiger partial charge in [0.05, 0.1) is 28.9 Å². The van der Waals surface area contributed by atoms with Gasteiger partial charge in [0.15, 0.2) is 0 Å². The topological polar surface area (TPSA) is 52.0 Å². The number of hydrogen-bond donors (Lipinski definition) is 1. The van der Waals surface area contributed by atoms with E-state index in [4.69, 9.17) is 16.3 Å². The van der Waals surface area contributed by atoms with Crippen molar-refractivity contribution in [3.8, 4) is 0 Å². The van der Waals surface area contributed by atoms with Crippen LogP contribution in [0.15, 0.2) is 12.3 Å². The van der Waals surface area contributed by atoms with E-state index >= 15 is 0 Å². The molecule has 1 fully saturated rings. The second-order valence-corrected chi connectivity index (χ2v) is 8.20. The highest BCUT2D eigenvalue weighted by Crippen LogP contribution is 2.48. The Hall–Kier alpha value is -0.950. The predicted octanol–water partition coefficient (Wildman–Crippen LogP) is 2.86. The summed E-state index contributed by atoms with van der Waals surface area (Å²) in [5.74, 6) is 0. The molecule has 2 aromatic rings. The third kappa shape index (κ3) is 2.93. The lowest BCUT2D eigenvalue weighted by molar-refractivity contribution is 0.0950. The van der Waals surface area contributed by atoms with Crippen LogP contribution in [0.4, 0.5) is 0 Å². The minimum atomic E-state index is 0.140. The number of nitrogens with one attached hydrogen (secondary N) is 1. The quantitative estimate of drug-likeness (QED) is 0.857. The first kappa shape index (κ1) is 15.6. The highest BCUT2D eigenvalue weighted by molar-refractivity contribution is 7.16. The monoisotopic (exact) mass is 352 g/mol. The number of ether oxygens (including phenoxy) is 1. The highest BCUT2D eigenvalue weighted by atomic mass is 35.5. The maximum absolute atomic E-state index is 6.35. The van der Waals surface area contributed by atoms with E-state index in [0.29, 0.717) is 0 Å². The molecule has 4 rings (SSSR count). The Kier molecular flexibility index (Phi) is 4.17. The van der Waals surface area contributed by atoms with Gasteiger partial charge < -0.3 is 10.1 Å². The first-order valence-corrected chi connectivity index (χ1v) is 9.32. The van der Waals surface area contributed by atoms with Crippen LogP contribution in [0.1, 0.15) is 41.4 Å². The zero-order valence-electron chi connectivity index (χ0n) is 13.2. The summed E-state index contributed by atoms with van der Waals surface area (Å²) in [4.78, 5) is 3.11. The van der Waals surface area contributed by atoms with Crippen molar-refractivity contribution in [2.75, 3.05) is 19.8 Å². The molecule has 7 heteroatoms. The van der Waals surface area contributed by atoms with E-state index in [1.807, 2.05) is 13.2 Å². The summed E-state index contributed by atoms with van der Waals surface area (Å²) in [6, 6.07) is 2.38. The lowest BCUT2D eigenvalue weighted by atomic mass is 9.70. The first-order valence-electron chi connectivity index (χ1n) is 8.12. The second-order valence-electron chi connectivity index (χ2n) is 6.52. The largest absolute Gasteiger partial charge is 0.381 e. The zero-order valence-corrected chi connectivity index (χ0v) is 14.8. The van der Waals surface area contributed by atoms with Crippen LogP contribution >= 0.6 is 22.9 Å². The minimum absolute atomic E-state index is 0.140. The predicted molar refractivity (Wildman–Crippen MR) is 91.1 cm³/mol. The highest BCUT2D eigenvalue weighted by Gasteiger charge is 2.41. The standard InChI is InChI=1S/C16H21ClN4OS/c1-21-19-10-13(20-21)12-9-16(3-5-18-12)4-7-22-6-2-11-8-14(17)23-15(11)16/h8,10,12,18H,2-7,9H2,1H3. The molecule has 2 aliphatic heterocycles. The van der Waals surface area contributed by atoms with Crippen LogP contribution in [0.2, 0.25) is 4.34 Å². The van der Waals surface area contributed by atoms with Crippen LogP contribution in [-0.2, 0) is 23.6 Å². The maximum atomic E-state index is 6.35. The van der Waals surface area contributed by atoms with Gasteiger partial charge in [-0.15, -0.1) is 11.3 Å². The number of fused-ring (bicyclic) bond motifs is 2. The van der Waals surface area contributed by atoms with Gasteiger partial charge in [0.1, 0.15) is 0 Å². The van der Waals surface area contributed by atoms with Crippen LogP contribution in [0, 0.1) is 0 Å². The molecule has 0 aromatic carbocycles. The van der Waals surface area contributed by atoms with E-state index in [0.717, 1.165) is 55.5 Å². The summed E-state index contributed by atoms with van der Waals surface area (Å²) in [6.45, 7) is 2.60. The molecule has 4 heterocycles. The Morgan fingerprint density at radius 1 is 1.43 bits per heavy atom. The molecular formula is C16H21ClN4OS. The lowest BCUT2D eigenvalue weighted by Crippen LogP contribution is -2.43. The molecule has 2 atom stereocenters. The van der Waals surface area contributed by atoms with Gasteiger partial charge in [-0.2, -0.15) is 15.0 Å². The Labute approximate surface area is 145 Å². The number of aromatic nitrogens is 3. The molecule has 0 bridgehead atoms. The molecule has 1 N–H and O–H groups in total. The van der Waals surface area contributed by atoms with Gasteiger partial charge in [-0.1, -0.05) is 11.6 Å². The third-order valence-corrected chi connectivity index (χ3v) is 6.62. The van der Waals surface area contributed by atoms with E-state index in [2.05, 4.69) is 21.6 Å². The van der Waals surface area contributed by atoms with Crippen LogP contribution < -0.4 is 5.32 Å². The summed E-state index contributed by atoms with van der Waals surface area (Å²) < 4.78 is 6.72. The van der Waals surface area contributed by atoms with Gasteiger partial charge in [-0.05, 0) is 43.9 Å². The molecule has 0 aliphatic carbocycles. The molecule has 0 radical (unpaired) electrons. The molecule has 2 unspecified atom stereocenters. The van der Waals surface area contributed by atoms with E-state index < -0.39 is 0 Å². The van der Waals surface area contributed by atoms with E-state index in [9.17, 15) is 0 Å². The molecule has 0 amide bonds. The van der Waals surface area contributed by atoms with Gasteiger partial charge in [0, 0.05) is 23.9 Å². The first-order chi connectivity index (χ1) is 11.2. The van der Waals surface area contributed by atoms with Crippen molar-refractivity contribution in [2.24, 2.45) is 7.05 Å². The van der Waals surface area contributed by atoms with Gasteiger partial charge >= 0.3 is 0 Å². The summed E-state index contributed by atoms with van der Waals surface area (Å²) in [6.07, 6.45) is 6.03. The van der Waals surface area contributed by atoms with Gasteiger partial charge in [-0.25, -0.2) is 0 Å². The van der Waals surface area contributed by atoms with E-state index in [1.54, 1.807) is 16.1 Å². The second kappa shape index (κ2) is 6.16. The number of aryl methyl sites for hydroxylation is 1. The fourth-order valence-corrected chi connectivity index (χ4v) is 5.46. The Bertz CT molecular complexity index is 700. The number of thiophene rings is 1.